The van der Waals surface area contributed by atoms with Crippen molar-refractivity contribution in [3.63, 3.8) is 0 Å². The van der Waals surface area contributed by atoms with Crippen LogP contribution >= 0.6 is 0 Å². The number of fused-ring (bicyclic) bond motifs is 1. The van der Waals surface area contributed by atoms with Gasteiger partial charge in [0.25, 0.3) is 5.69 Å². The van der Waals surface area contributed by atoms with Gasteiger partial charge in [-0.3, -0.25) is 15.4 Å². The lowest BCUT2D eigenvalue weighted by molar-refractivity contribution is -0.384. The summed E-state index contributed by atoms with van der Waals surface area (Å²) < 4.78 is 0. The van der Waals surface area contributed by atoms with Gasteiger partial charge in [0.2, 0.25) is 5.95 Å². The number of nitro benzene ring substituents is 1. The van der Waals surface area contributed by atoms with Crippen molar-refractivity contribution in [2.45, 2.75) is 0 Å². The number of hydrogen-bond acceptors (Lipinski definition) is 5. The van der Waals surface area contributed by atoms with Crippen LogP contribution in [0.4, 0.5) is 11.6 Å². The zero-order valence-electron chi connectivity index (χ0n) is 7.39. The molecule has 2 rings (SSSR count). The Labute approximate surface area is 83.5 Å². The van der Waals surface area contributed by atoms with Gasteiger partial charge in [0.1, 0.15) is 0 Å². The number of non-ortho nitro benzene ring substituents is 1. The van der Waals surface area contributed by atoms with Crippen LogP contribution in [0.1, 0.15) is 0 Å². The van der Waals surface area contributed by atoms with Gasteiger partial charge in [0.15, 0.2) is 6.19 Å². The lowest BCUT2D eigenvalue weighted by atomic mass is 10.3. The van der Waals surface area contributed by atoms with E-state index in [4.69, 9.17) is 5.26 Å². The average Bonchev–Trinajstić information content (AvgIpc) is 2.59. The maximum absolute atomic E-state index is 10.5. The number of hydrogen-bond donors (Lipinski definition) is 2. The first-order valence-corrected chi connectivity index (χ1v) is 4.00. The fourth-order valence-electron chi connectivity index (χ4n) is 1.22. The summed E-state index contributed by atoms with van der Waals surface area (Å²) in [4.78, 5) is 16.7. The highest BCUT2D eigenvalue weighted by molar-refractivity contribution is 5.80. The Balaban J connectivity index is 2.53. The van der Waals surface area contributed by atoms with E-state index in [1.54, 1.807) is 6.19 Å². The number of aromatic amines is 1. The predicted octanol–water partition coefficient (Wildman–Crippen LogP) is 1.36. The first-order valence-electron chi connectivity index (χ1n) is 4.00. The van der Waals surface area contributed by atoms with Crippen LogP contribution < -0.4 is 5.32 Å². The number of nitro groups is 1. The zero-order chi connectivity index (χ0) is 10.8. The standard InChI is InChI=1S/C8H5N5O2/c9-4-10-8-11-6-2-1-5(13(14)15)3-7(6)12-8/h1-3H,(H2,10,11,12). The van der Waals surface area contributed by atoms with Crippen molar-refractivity contribution < 1.29 is 4.92 Å². The molecule has 0 aliphatic carbocycles. The van der Waals surface area contributed by atoms with Gasteiger partial charge in [0, 0.05) is 12.1 Å². The summed E-state index contributed by atoms with van der Waals surface area (Å²) in [5.41, 5.74) is 1.06. The van der Waals surface area contributed by atoms with Gasteiger partial charge in [-0.1, -0.05) is 0 Å². The third kappa shape index (κ3) is 1.55. The molecule has 0 atom stereocenters. The van der Waals surface area contributed by atoms with Gasteiger partial charge >= 0.3 is 0 Å². The van der Waals surface area contributed by atoms with Crippen LogP contribution in [0, 0.1) is 21.6 Å². The molecule has 0 saturated carbocycles. The lowest BCUT2D eigenvalue weighted by Crippen LogP contribution is -1.87. The fraction of sp³-hybridized carbons (Fsp3) is 0. The molecule has 0 bridgehead atoms. The minimum Gasteiger partial charge on any atom is -0.323 e. The third-order valence-electron chi connectivity index (χ3n) is 1.85. The van der Waals surface area contributed by atoms with Crippen molar-refractivity contribution in [1.29, 1.82) is 5.26 Å². The molecule has 0 radical (unpaired) electrons. The smallest absolute Gasteiger partial charge is 0.271 e. The maximum atomic E-state index is 10.5. The molecule has 7 heteroatoms. The van der Waals surface area contributed by atoms with Gasteiger partial charge < -0.3 is 4.98 Å². The van der Waals surface area contributed by atoms with E-state index in [0.29, 0.717) is 11.0 Å². The Morgan fingerprint density at radius 3 is 3.07 bits per heavy atom. The number of aromatic nitrogens is 2. The highest BCUT2D eigenvalue weighted by Gasteiger charge is 2.08. The van der Waals surface area contributed by atoms with Crippen LogP contribution in [-0.4, -0.2) is 14.9 Å². The molecule has 0 spiro atoms. The minimum absolute atomic E-state index is 0.0188. The Kier molecular flexibility index (Phi) is 1.95. The third-order valence-corrected chi connectivity index (χ3v) is 1.85. The number of anilines is 1. The summed E-state index contributed by atoms with van der Waals surface area (Å²) >= 11 is 0. The van der Waals surface area contributed by atoms with Crippen molar-refractivity contribution in [1.82, 2.24) is 9.97 Å². The van der Waals surface area contributed by atoms with E-state index >= 15 is 0 Å². The van der Waals surface area contributed by atoms with Crippen LogP contribution in [0.2, 0.25) is 0 Å². The Hall–Kier alpha value is -2.62. The van der Waals surface area contributed by atoms with Crippen molar-refractivity contribution in [3.8, 4) is 6.19 Å². The second-order valence-electron chi connectivity index (χ2n) is 2.78. The van der Waals surface area contributed by atoms with Crippen LogP contribution in [0.15, 0.2) is 18.2 Å². The number of nitriles is 1. The number of rotatable bonds is 2. The molecular formula is C8H5N5O2. The van der Waals surface area contributed by atoms with E-state index < -0.39 is 4.92 Å². The molecule has 2 N–H and O–H groups in total. The first-order chi connectivity index (χ1) is 7.20. The zero-order valence-corrected chi connectivity index (χ0v) is 7.39. The molecule has 7 nitrogen and oxygen atoms in total. The highest BCUT2D eigenvalue weighted by Crippen LogP contribution is 2.20. The van der Waals surface area contributed by atoms with Gasteiger partial charge in [-0.25, -0.2) is 4.98 Å². The van der Waals surface area contributed by atoms with E-state index in [1.165, 1.54) is 18.2 Å². The summed E-state index contributed by atoms with van der Waals surface area (Å²) in [5, 5.41) is 21.2. The van der Waals surface area contributed by atoms with Crippen molar-refractivity contribution in [3.05, 3.63) is 28.3 Å². The van der Waals surface area contributed by atoms with Crippen molar-refractivity contribution in [2.24, 2.45) is 0 Å². The number of imidazole rings is 1. The molecular weight excluding hydrogens is 198 g/mol. The number of H-pyrrole nitrogens is 1. The molecule has 15 heavy (non-hydrogen) atoms. The van der Waals surface area contributed by atoms with Gasteiger partial charge in [-0.2, -0.15) is 5.26 Å². The predicted molar refractivity (Wildman–Crippen MR) is 52.0 cm³/mol. The summed E-state index contributed by atoms with van der Waals surface area (Å²) in [6.45, 7) is 0. The normalized spacial score (nSPS) is 9.80. The summed E-state index contributed by atoms with van der Waals surface area (Å²) in [6.07, 6.45) is 1.70. The van der Waals surface area contributed by atoms with E-state index in [1.807, 2.05) is 0 Å². The van der Waals surface area contributed by atoms with Crippen LogP contribution in [0.25, 0.3) is 11.0 Å². The first kappa shape index (κ1) is 8.96. The summed E-state index contributed by atoms with van der Waals surface area (Å²) in [5.74, 6) is 0.271. The maximum Gasteiger partial charge on any atom is 0.271 e. The van der Waals surface area contributed by atoms with E-state index in [0.717, 1.165) is 0 Å². The summed E-state index contributed by atoms with van der Waals surface area (Å²) in [7, 11) is 0. The number of nitrogens with zero attached hydrogens (tertiary/aromatic N) is 3. The SMILES string of the molecule is N#CNc1nc2ccc([N+](=O)[O-])cc2[nH]1. The van der Waals surface area contributed by atoms with E-state index in [-0.39, 0.29) is 11.6 Å². The second kappa shape index (κ2) is 3.26. The van der Waals surface area contributed by atoms with Gasteiger partial charge in [0.05, 0.1) is 16.0 Å². The molecule has 0 amide bonds. The van der Waals surface area contributed by atoms with Crippen molar-refractivity contribution in [2.75, 3.05) is 5.32 Å². The van der Waals surface area contributed by atoms with E-state index in [2.05, 4.69) is 15.3 Å². The molecule has 0 saturated heterocycles. The van der Waals surface area contributed by atoms with Gasteiger partial charge in [-0.05, 0) is 6.07 Å². The molecule has 1 heterocycles. The highest BCUT2D eigenvalue weighted by atomic mass is 16.6. The number of nitrogens with one attached hydrogen (secondary N) is 2. The Bertz CT molecular complexity index is 568. The number of benzene rings is 1. The molecule has 74 valence electrons. The quantitative estimate of drug-likeness (QED) is 0.331. The van der Waals surface area contributed by atoms with Crippen LogP contribution in [0.3, 0.4) is 0 Å². The molecule has 0 aliphatic rings. The monoisotopic (exact) mass is 203 g/mol. The molecule has 1 aromatic carbocycles. The topological polar surface area (TPSA) is 108 Å². The Morgan fingerprint density at radius 2 is 2.40 bits per heavy atom. The van der Waals surface area contributed by atoms with E-state index in [9.17, 15) is 10.1 Å². The largest absolute Gasteiger partial charge is 0.323 e. The van der Waals surface area contributed by atoms with Crippen LogP contribution in [-0.2, 0) is 0 Å². The molecule has 1 aromatic heterocycles. The average molecular weight is 203 g/mol. The molecule has 0 unspecified atom stereocenters. The second-order valence-corrected chi connectivity index (χ2v) is 2.78. The van der Waals surface area contributed by atoms with Crippen molar-refractivity contribution >= 4 is 22.7 Å². The van der Waals surface area contributed by atoms with Crippen LogP contribution in [0.5, 0.6) is 0 Å². The molecule has 0 fully saturated rings. The molecule has 0 aliphatic heterocycles. The Morgan fingerprint density at radius 1 is 1.60 bits per heavy atom. The fourth-order valence-corrected chi connectivity index (χ4v) is 1.22. The lowest BCUT2D eigenvalue weighted by Gasteiger charge is -1.89. The van der Waals surface area contributed by atoms with Gasteiger partial charge in [-0.15, -0.1) is 0 Å². The minimum atomic E-state index is -0.488. The molecule has 2 aromatic rings. The summed E-state index contributed by atoms with van der Waals surface area (Å²) in [6, 6.07) is 4.25.